The minimum Gasteiger partial charge on any atom is -0.311 e. The molecule has 0 radical (unpaired) electrons. The van der Waals surface area contributed by atoms with E-state index in [1.54, 1.807) is 5.56 Å². The quantitative estimate of drug-likeness (QED) is 0.903. The zero-order chi connectivity index (χ0) is 16.4. The summed E-state index contributed by atoms with van der Waals surface area (Å²) in [5.41, 5.74) is 6.42. The van der Waals surface area contributed by atoms with Gasteiger partial charge < -0.3 is 5.32 Å². The van der Waals surface area contributed by atoms with E-state index in [-0.39, 0.29) is 0 Å². The molecular weight excluding hydrogens is 314 g/mol. The summed E-state index contributed by atoms with van der Waals surface area (Å²) < 4.78 is 0. The van der Waals surface area contributed by atoms with E-state index in [9.17, 15) is 0 Å². The van der Waals surface area contributed by atoms with Crippen LogP contribution in [0.5, 0.6) is 0 Å². The van der Waals surface area contributed by atoms with Gasteiger partial charge in [-0.3, -0.25) is 4.90 Å². The molecule has 1 N–H and O–H groups in total. The smallest absolute Gasteiger partial charge is 0.0797 e. The largest absolute Gasteiger partial charge is 0.311 e. The highest BCUT2D eigenvalue weighted by Gasteiger charge is 2.22. The van der Waals surface area contributed by atoms with Crippen molar-refractivity contribution in [3.63, 3.8) is 0 Å². The van der Waals surface area contributed by atoms with Gasteiger partial charge in [0, 0.05) is 30.1 Å². The second kappa shape index (κ2) is 7.34. The number of thiazole rings is 1. The van der Waals surface area contributed by atoms with Gasteiger partial charge in [0.1, 0.15) is 0 Å². The molecule has 2 aromatic rings. The summed E-state index contributed by atoms with van der Waals surface area (Å²) in [5, 5.41) is 3.86. The fraction of sp³-hybridized carbons (Fsp3) is 0.550. The van der Waals surface area contributed by atoms with Crippen LogP contribution in [0.15, 0.2) is 29.8 Å². The van der Waals surface area contributed by atoms with Crippen molar-refractivity contribution in [2.75, 3.05) is 13.1 Å². The summed E-state index contributed by atoms with van der Waals surface area (Å²) in [6, 6.07) is 10.1. The number of aryl methyl sites for hydroxylation is 1. The van der Waals surface area contributed by atoms with Crippen LogP contribution in [0.25, 0.3) is 0 Å². The number of fused-ring (bicyclic) bond motifs is 2. The predicted octanol–water partition coefficient (Wildman–Crippen LogP) is 3.43. The lowest BCUT2D eigenvalue weighted by atomic mass is 9.96. The second-order valence-corrected chi connectivity index (χ2v) is 8.25. The maximum Gasteiger partial charge on any atom is 0.0797 e. The molecule has 3 nitrogen and oxygen atoms in total. The Morgan fingerprint density at radius 3 is 3.08 bits per heavy atom. The monoisotopic (exact) mass is 341 g/mol. The predicted molar refractivity (Wildman–Crippen MR) is 101 cm³/mol. The molecule has 128 valence electrons. The zero-order valence-corrected chi connectivity index (χ0v) is 15.3. The Bertz CT molecular complexity index is 681. The topological polar surface area (TPSA) is 28.2 Å². The van der Waals surface area contributed by atoms with Crippen molar-refractivity contribution in [1.82, 2.24) is 15.2 Å². The fourth-order valence-electron chi connectivity index (χ4n) is 4.05. The Morgan fingerprint density at radius 2 is 2.17 bits per heavy atom. The van der Waals surface area contributed by atoms with Crippen LogP contribution >= 0.6 is 11.3 Å². The molecule has 0 amide bonds. The third kappa shape index (κ3) is 3.71. The molecule has 0 fully saturated rings. The molecule has 1 aliphatic carbocycles. The van der Waals surface area contributed by atoms with Gasteiger partial charge in [-0.2, -0.15) is 0 Å². The molecule has 0 bridgehead atoms. The molecule has 2 heterocycles. The average Bonchev–Trinajstić information content (AvgIpc) is 3.07. The van der Waals surface area contributed by atoms with Gasteiger partial charge in [0.2, 0.25) is 0 Å². The van der Waals surface area contributed by atoms with Gasteiger partial charge in [-0.1, -0.05) is 24.3 Å². The van der Waals surface area contributed by atoms with Crippen LogP contribution in [0.1, 0.15) is 41.5 Å². The summed E-state index contributed by atoms with van der Waals surface area (Å²) in [6.45, 7) is 5.87. The van der Waals surface area contributed by atoms with Crippen molar-refractivity contribution in [3.8, 4) is 0 Å². The van der Waals surface area contributed by atoms with Crippen LogP contribution in [-0.2, 0) is 25.8 Å². The van der Waals surface area contributed by atoms with E-state index in [1.807, 2.05) is 16.8 Å². The molecular formula is C20H27N3S. The second-order valence-electron chi connectivity index (χ2n) is 7.31. The minimum absolute atomic E-state index is 0.585. The summed E-state index contributed by atoms with van der Waals surface area (Å²) in [7, 11) is 0. The first-order chi connectivity index (χ1) is 11.8. The third-order valence-corrected chi connectivity index (χ3v) is 6.39. The molecule has 4 rings (SSSR count). The van der Waals surface area contributed by atoms with Crippen LogP contribution in [0, 0.1) is 0 Å². The number of hydrogen-bond acceptors (Lipinski definition) is 4. The standard InChI is InChI=1S/C20H27N3S/c1-15(22-18-6-7-19-20(12-18)24-14-21-19)8-10-23-11-9-16-4-2-3-5-17(16)13-23/h2-5,14-15,18,22H,6-13H2,1H3. The van der Waals surface area contributed by atoms with Crippen LogP contribution in [0.2, 0.25) is 0 Å². The van der Waals surface area contributed by atoms with Crippen LogP contribution in [0.4, 0.5) is 0 Å². The van der Waals surface area contributed by atoms with Crippen molar-refractivity contribution in [2.24, 2.45) is 0 Å². The Morgan fingerprint density at radius 1 is 1.29 bits per heavy atom. The van der Waals surface area contributed by atoms with E-state index >= 15 is 0 Å². The fourth-order valence-corrected chi connectivity index (χ4v) is 4.94. The van der Waals surface area contributed by atoms with Crippen molar-refractivity contribution >= 4 is 11.3 Å². The van der Waals surface area contributed by atoms with E-state index in [2.05, 4.69) is 46.4 Å². The van der Waals surface area contributed by atoms with Gasteiger partial charge in [-0.15, -0.1) is 11.3 Å². The van der Waals surface area contributed by atoms with Gasteiger partial charge in [0.25, 0.3) is 0 Å². The molecule has 2 atom stereocenters. The van der Waals surface area contributed by atoms with Crippen LogP contribution < -0.4 is 5.32 Å². The Labute approximate surface area is 149 Å². The van der Waals surface area contributed by atoms with E-state index in [4.69, 9.17) is 0 Å². The number of rotatable bonds is 5. The van der Waals surface area contributed by atoms with E-state index in [1.165, 1.54) is 54.9 Å². The maximum atomic E-state index is 4.47. The van der Waals surface area contributed by atoms with Gasteiger partial charge in [-0.25, -0.2) is 4.98 Å². The SMILES string of the molecule is CC(CCN1CCc2ccccc2C1)NC1CCc2ncsc2C1. The van der Waals surface area contributed by atoms with Crippen molar-refractivity contribution in [1.29, 1.82) is 0 Å². The lowest BCUT2D eigenvalue weighted by Crippen LogP contribution is -2.42. The maximum absolute atomic E-state index is 4.47. The molecule has 0 saturated carbocycles. The first-order valence-electron chi connectivity index (χ1n) is 9.24. The lowest BCUT2D eigenvalue weighted by molar-refractivity contribution is 0.236. The first kappa shape index (κ1) is 16.2. The highest BCUT2D eigenvalue weighted by atomic mass is 32.1. The summed E-state index contributed by atoms with van der Waals surface area (Å²) in [5.74, 6) is 0. The number of benzene rings is 1. The Hall–Kier alpha value is -1.23. The molecule has 0 spiro atoms. The minimum atomic E-state index is 0.585. The van der Waals surface area contributed by atoms with Crippen molar-refractivity contribution < 1.29 is 0 Å². The number of nitrogens with zero attached hydrogens (tertiary/aromatic N) is 2. The van der Waals surface area contributed by atoms with Crippen LogP contribution in [0.3, 0.4) is 0 Å². The molecule has 1 aliphatic heterocycles. The molecule has 1 aromatic carbocycles. The first-order valence-corrected chi connectivity index (χ1v) is 10.1. The third-order valence-electron chi connectivity index (χ3n) is 5.50. The van der Waals surface area contributed by atoms with Crippen molar-refractivity contribution in [3.05, 3.63) is 51.5 Å². The number of aromatic nitrogens is 1. The Kier molecular flexibility index (Phi) is 4.97. The van der Waals surface area contributed by atoms with Gasteiger partial charge >= 0.3 is 0 Å². The number of nitrogens with one attached hydrogen (secondary N) is 1. The normalized spacial score (nSPS) is 22.0. The van der Waals surface area contributed by atoms with E-state index in [0.29, 0.717) is 12.1 Å². The van der Waals surface area contributed by atoms with E-state index in [0.717, 1.165) is 13.0 Å². The van der Waals surface area contributed by atoms with Crippen LogP contribution in [-0.4, -0.2) is 35.1 Å². The van der Waals surface area contributed by atoms with Crippen molar-refractivity contribution in [2.45, 2.75) is 57.7 Å². The zero-order valence-electron chi connectivity index (χ0n) is 14.5. The van der Waals surface area contributed by atoms with Gasteiger partial charge in [0.05, 0.1) is 11.2 Å². The van der Waals surface area contributed by atoms with Gasteiger partial charge in [0.15, 0.2) is 0 Å². The molecule has 4 heteroatoms. The summed E-state index contributed by atoms with van der Waals surface area (Å²) in [6.07, 6.45) is 5.98. The lowest BCUT2D eigenvalue weighted by Gasteiger charge is -2.31. The van der Waals surface area contributed by atoms with E-state index < -0.39 is 0 Å². The summed E-state index contributed by atoms with van der Waals surface area (Å²) in [4.78, 5) is 8.58. The molecule has 2 unspecified atom stereocenters. The molecule has 2 aliphatic rings. The Balaban J connectivity index is 1.24. The average molecular weight is 342 g/mol. The highest BCUT2D eigenvalue weighted by Crippen LogP contribution is 2.24. The number of hydrogen-bond donors (Lipinski definition) is 1. The van der Waals surface area contributed by atoms with Gasteiger partial charge in [-0.05, 0) is 56.7 Å². The molecule has 0 saturated heterocycles. The summed E-state index contributed by atoms with van der Waals surface area (Å²) >= 11 is 1.83. The molecule has 24 heavy (non-hydrogen) atoms. The highest BCUT2D eigenvalue weighted by molar-refractivity contribution is 7.09. The molecule has 1 aromatic heterocycles.